The molecule has 23 heavy (non-hydrogen) atoms. The molecule has 2 aliphatic rings. The van der Waals surface area contributed by atoms with Crippen LogP contribution in [0.1, 0.15) is 79.6 Å². The fourth-order valence-electron chi connectivity index (χ4n) is 4.00. The molecule has 3 nitrogen and oxygen atoms in total. The van der Waals surface area contributed by atoms with Gasteiger partial charge in [0.15, 0.2) is 0 Å². The van der Waals surface area contributed by atoms with Crippen LogP contribution in [-0.2, 0) is 4.79 Å². The number of hydrogen-bond donors (Lipinski definition) is 0. The summed E-state index contributed by atoms with van der Waals surface area (Å²) < 4.78 is 0. The predicted octanol–water partition coefficient (Wildman–Crippen LogP) is 4.56. The van der Waals surface area contributed by atoms with Crippen molar-refractivity contribution >= 4 is 5.91 Å². The first-order valence-electron chi connectivity index (χ1n) is 10.2. The summed E-state index contributed by atoms with van der Waals surface area (Å²) in [5, 5.41) is 0. The number of rotatable bonds is 5. The maximum absolute atomic E-state index is 11.7. The second-order valence-corrected chi connectivity index (χ2v) is 7.15. The highest BCUT2D eigenvalue weighted by Crippen LogP contribution is 2.30. The molecule has 0 aromatic carbocycles. The van der Waals surface area contributed by atoms with Gasteiger partial charge in [0.2, 0.25) is 5.91 Å². The average Bonchev–Trinajstić information content (AvgIpc) is 2.63. The Balaban J connectivity index is 0.00000127. The molecule has 2 aliphatic heterocycles. The van der Waals surface area contributed by atoms with Gasteiger partial charge in [-0.05, 0) is 70.4 Å². The standard InChI is InChI=1S/C18H34N2O.C2H6/c1-4-15(3)19-10-6-16(7-11-19)14-17-8-12-20(13-9-17)18(21)5-2;1-2/h15-17H,4-14H2,1-3H3;1-2H3. The van der Waals surface area contributed by atoms with Gasteiger partial charge in [-0.3, -0.25) is 4.79 Å². The Labute approximate surface area is 144 Å². The first kappa shape index (κ1) is 20.5. The van der Waals surface area contributed by atoms with Gasteiger partial charge in [0.05, 0.1) is 0 Å². The summed E-state index contributed by atoms with van der Waals surface area (Å²) in [7, 11) is 0. The van der Waals surface area contributed by atoms with Crippen LogP contribution in [0.2, 0.25) is 0 Å². The Hall–Kier alpha value is -0.570. The average molecular weight is 325 g/mol. The molecule has 0 N–H and O–H groups in total. The summed E-state index contributed by atoms with van der Waals surface area (Å²) in [5.74, 6) is 2.14. The highest BCUT2D eigenvalue weighted by atomic mass is 16.2. The van der Waals surface area contributed by atoms with E-state index in [9.17, 15) is 4.79 Å². The lowest BCUT2D eigenvalue weighted by molar-refractivity contribution is -0.132. The van der Waals surface area contributed by atoms with E-state index in [2.05, 4.69) is 23.6 Å². The number of amides is 1. The maximum atomic E-state index is 11.7. The third kappa shape index (κ3) is 6.45. The van der Waals surface area contributed by atoms with Crippen LogP contribution in [0.5, 0.6) is 0 Å². The van der Waals surface area contributed by atoms with Crippen molar-refractivity contribution in [3.8, 4) is 0 Å². The second kappa shape index (κ2) is 11.1. The molecule has 136 valence electrons. The highest BCUT2D eigenvalue weighted by molar-refractivity contribution is 5.75. The van der Waals surface area contributed by atoms with Crippen LogP contribution in [0.25, 0.3) is 0 Å². The summed E-state index contributed by atoms with van der Waals surface area (Å²) in [6.45, 7) is 15.2. The van der Waals surface area contributed by atoms with E-state index in [-0.39, 0.29) is 0 Å². The number of hydrogen-bond acceptors (Lipinski definition) is 2. The molecule has 2 saturated heterocycles. The van der Waals surface area contributed by atoms with Crippen molar-refractivity contribution in [2.75, 3.05) is 26.2 Å². The third-order valence-electron chi connectivity index (χ3n) is 5.80. The lowest BCUT2D eigenvalue weighted by atomic mass is 9.82. The van der Waals surface area contributed by atoms with Crippen LogP contribution in [-0.4, -0.2) is 47.9 Å². The van der Waals surface area contributed by atoms with Gasteiger partial charge in [0.25, 0.3) is 0 Å². The number of nitrogens with zero attached hydrogens (tertiary/aromatic N) is 2. The summed E-state index contributed by atoms with van der Waals surface area (Å²) in [4.78, 5) is 16.4. The zero-order valence-electron chi connectivity index (χ0n) is 16.3. The van der Waals surface area contributed by atoms with Crippen LogP contribution in [0.15, 0.2) is 0 Å². The summed E-state index contributed by atoms with van der Waals surface area (Å²) in [5.41, 5.74) is 0. The van der Waals surface area contributed by atoms with E-state index < -0.39 is 0 Å². The molecule has 1 amide bonds. The zero-order valence-corrected chi connectivity index (χ0v) is 16.3. The molecular weight excluding hydrogens is 284 g/mol. The molecule has 1 unspecified atom stereocenters. The predicted molar refractivity (Wildman–Crippen MR) is 99.6 cm³/mol. The molecular formula is C20H40N2O. The van der Waals surface area contributed by atoms with Crippen LogP contribution < -0.4 is 0 Å². The SMILES string of the molecule is CC.CCC(=O)N1CCC(CC2CCN(C(C)CC)CC2)CC1. The maximum Gasteiger partial charge on any atom is 0.222 e. The molecule has 0 aliphatic carbocycles. The molecule has 2 fully saturated rings. The number of carbonyl (C=O) groups excluding carboxylic acids is 1. The molecule has 2 rings (SSSR count). The minimum atomic E-state index is 0.343. The lowest BCUT2D eigenvalue weighted by Gasteiger charge is -2.38. The summed E-state index contributed by atoms with van der Waals surface area (Å²) in [6.07, 6.45) is 8.58. The van der Waals surface area contributed by atoms with Gasteiger partial charge >= 0.3 is 0 Å². The molecule has 3 heteroatoms. The lowest BCUT2D eigenvalue weighted by Crippen LogP contribution is -2.41. The molecule has 0 saturated carbocycles. The fraction of sp³-hybridized carbons (Fsp3) is 0.950. The van der Waals surface area contributed by atoms with E-state index in [0.717, 1.165) is 31.0 Å². The minimum Gasteiger partial charge on any atom is -0.343 e. The second-order valence-electron chi connectivity index (χ2n) is 7.15. The van der Waals surface area contributed by atoms with Crippen molar-refractivity contribution in [1.29, 1.82) is 0 Å². The van der Waals surface area contributed by atoms with E-state index in [1.165, 1.54) is 51.6 Å². The van der Waals surface area contributed by atoms with Gasteiger partial charge in [-0.2, -0.15) is 0 Å². The Morgan fingerprint density at radius 1 is 0.957 bits per heavy atom. The number of likely N-dealkylation sites (tertiary alicyclic amines) is 2. The number of piperidine rings is 2. The fourth-order valence-corrected chi connectivity index (χ4v) is 4.00. The monoisotopic (exact) mass is 324 g/mol. The molecule has 0 bridgehead atoms. The smallest absolute Gasteiger partial charge is 0.222 e. The van der Waals surface area contributed by atoms with Gasteiger partial charge in [-0.25, -0.2) is 0 Å². The largest absolute Gasteiger partial charge is 0.343 e. The van der Waals surface area contributed by atoms with Crippen LogP contribution in [0.4, 0.5) is 0 Å². The van der Waals surface area contributed by atoms with Crippen molar-refractivity contribution in [2.45, 2.75) is 85.6 Å². The molecule has 0 aromatic rings. The highest BCUT2D eigenvalue weighted by Gasteiger charge is 2.27. The summed E-state index contributed by atoms with van der Waals surface area (Å²) in [6, 6.07) is 0.759. The Morgan fingerprint density at radius 3 is 1.87 bits per heavy atom. The van der Waals surface area contributed by atoms with Crippen molar-refractivity contribution in [3.05, 3.63) is 0 Å². The van der Waals surface area contributed by atoms with Crippen molar-refractivity contribution in [1.82, 2.24) is 9.80 Å². The topological polar surface area (TPSA) is 23.6 Å². The Bertz CT molecular complexity index is 316. The van der Waals surface area contributed by atoms with Crippen molar-refractivity contribution < 1.29 is 4.79 Å². The first-order chi connectivity index (χ1) is 11.1. The molecule has 0 spiro atoms. The molecule has 2 heterocycles. The minimum absolute atomic E-state index is 0.343. The van der Waals surface area contributed by atoms with E-state index in [4.69, 9.17) is 0 Å². The van der Waals surface area contributed by atoms with Crippen LogP contribution >= 0.6 is 0 Å². The van der Waals surface area contributed by atoms with Crippen molar-refractivity contribution in [3.63, 3.8) is 0 Å². The Kier molecular flexibility index (Phi) is 9.85. The zero-order chi connectivity index (χ0) is 17.2. The quantitative estimate of drug-likeness (QED) is 0.740. The van der Waals surface area contributed by atoms with Gasteiger partial charge in [0, 0.05) is 25.6 Å². The van der Waals surface area contributed by atoms with E-state index >= 15 is 0 Å². The normalized spacial score (nSPS) is 22.4. The summed E-state index contributed by atoms with van der Waals surface area (Å²) >= 11 is 0. The van der Waals surface area contributed by atoms with Crippen molar-refractivity contribution in [2.24, 2.45) is 11.8 Å². The van der Waals surface area contributed by atoms with E-state index in [1.807, 2.05) is 20.8 Å². The Morgan fingerprint density at radius 2 is 1.43 bits per heavy atom. The van der Waals surface area contributed by atoms with Gasteiger partial charge in [-0.1, -0.05) is 27.7 Å². The van der Waals surface area contributed by atoms with Gasteiger partial charge < -0.3 is 9.80 Å². The third-order valence-corrected chi connectivity index (χ3v) is 5.80. The van der Waals surface area contributed by atoms with Gasteiger partial charge in [-0.15, -0.1) is 0 Å². The molecule has 0 radical (unpaired) electrons. The van der Waals surface area contributed by atoms with Crippen LogP contribution in [0, 0.1) is 11.8 Å². The molecule has 0 aromatic heterocycles. The van der Waals surface area contributed by atoms with Gasteiger partial charge in [0.1, 0.15) is 0 Å². The van der Waals surface area contributed by atoms with Crippen LogP contribution in [0.3, 0.4) is 0 Å². The number of carbonyl (C=O) groups is 1. The first-order valence-corrected chi connectivity index (χ1v) is 10.2. The van der Waals surface area contributed by atoms with E-state index in [0.29, 0.717) is 12.3 Å². The molecule has 1 atom stereocenters. The van der Waals surface area contributed by atoms with E-state index in [1.54, 1.807) is 0 Å².